The molecule has 0 aliphatic carbocycles. The van der Waals surface area contributed by atoms with Crippen molar-refractivity contribution in [2.45, 2.75) is 52.2 Å². The summed E-state index contributed by atoms with van der Waals surface area (Å²) in [5.41, 5.74) is 0. The molecule has 0 spiro atoms. The van der Waals surface area contributed by atoms with Crippen LogP contribution in [0.4, 0.5) is 0 Å². The summed E-state index contributed by atoms with van der Waals surface area (Å²) < 4.78 is 11.3. The SMILES string of the molecule is CCCNC(COC(C)CC)C1CCOC1. The van der Waals surface area contributed by atoms with Crippen molar-refractivity contribution < 1.29 is 9.47 Å². The van der Waals surface area contributed by atoms with E-state index < -0.39 is 0 Å². The minimum atomic E-state index is 0.369. The van der Waals surface area contributed by atoms with Gasteiger partial charge >= 0.3 is 0 Å². The lowest BCUT2D eigenvalue weighted by Gasteiger charge is -2.25. The van der Waals surface area contributed by atoms with Crippen molar-refractivity contribution in [2.75, 3.05) is 26.4 Å². The van der Waals surface area contributed by atoms with Gasteiger partial charge < -0.3 is 14.8 Å². The first-order chi connectivity index (χ1) is 7.77. The Morgan fingerprint density at radius 2 is 2.25 bits per heavy atom. The van der Waals surface area contributed by atoms with Gasteiger partial charge in [-0.3, -0.25) is 0 Å². The van der Waals surface area contributed by atoms with E-state index in [1.807, 2.05) is 0 Å². The predicted molar refractivity (Wildman–Crippen MR) is 66.7 cm³/mol. The van der Waals surface area contributed by atoms with Crippen molar-refractivity contribution in [1.82, 2.24) is 5.32 Å². The van der Waals surface area contributed by atoms with Crippen molar-refractivity contribution in [3.63, 3.8) is 0 Å². The summed E-state index contributed by atoms with van der Waals surface area (Å²) in [5.74, 6) is 0.635. The first kappa shape index (κ1) is 13.9. The molecule has 1 aliphatic rings. The van der Waals surface area contributed by atoms with Crippen LogP contribution >= 0.6 is 0 Å². The van der Waals surface area contributed by atoms with Crippen molar-refractivity contribution in [2.24, 2.45) is 5.92 Å². The molecule has 0 radical (unpaired) electrons. The zero-order chi connectivity index (χ0) is 11.8. The largest absolute Gasteiger partial charge is 0.381 e. The van der Waals surface area contributed by atoms with Crippen LogP contribution in [0.2, 0.25) is 0 Å². The third-order valence-corrected chi connectivity index (χ3v) is 3.33. The Morgan fingerprint density at radius 3 is 2.81 bits per heavy atom. The summed E-state index contributed by atoms with van der Waals surface area (Å²) in [6.45, 7) is 10.2. The lowest BCUT2D eigenvalue weighted by Crippen LogP contribution is -2.41. The summed E-state index contributed by atoms with van der Waals surface area (Å²) in [6.07, 6.45) is 3.80. The molecular formula is C13H27NO2. The van der Waals surface area contributed by atoms with E-state index in [2.05, 4.69) is 26.1 Å². The molecule has 3 heteroatoms. The summed E-state index contributed by atoms with van der Waals surface area (Å²) in [5, 5.41) is 3.59. The Hall–Kier alpha value is -0.120. The Bertz CT molecular complexity index is 169. The van der Waals surface area contributed by atoms with Crippen molar-refractivity contribution in [3.8, 4) is 0 Å². The molecule has 0 aromatic rings. The molecule has 96 valence electrons. The van der Waals surface area contributed by atoms with Crippen molar-refractivity contribution in [1.29, 1.82) is 0 Å². The summed E-state index contributed by atoms with van der Waals surface area (Å²) in [4.78, 5) is 0. The second-order valence-corrected chi connectivity index (χ2v) is 4.74. The molecule has 1 rings (SSSR count). The first-order valence-corrected chi connectivity index (χ1v) is 6.70. The van der Waals surface area contributed by atoms with Crippen LogP contribution in [0, 0.1) is 5.92 Å². The molecular weight excluding hydrogens is 202 g/mol. The third-order valence-electron chi connectivity index (χ3n) is 3.33. The highest BCUT2D eigenvalue weighted by molar-refractivity contribution is 4.79. The van der Waals surface area contributed by atoms with Crippen LogP contribution in [0.1, 0.15) is 40.0 Å². The molecule has 1 saturated heterocycles. The maximum Gasteiger partial charge on any atom is 0.0626 e. The average Bonchev–Trinajstić information content (AvgIpc) is 2.82. The lowest BCUT2D eigenvalue weighted by molar-refractivity contribution is 0.0340. The van der Waals surface area contributed by atoms with Gasteiger partial charge in [0.05, 0.1) is 19.3 Å². The molecule has 0 saturated carbocycles. The van der Waals surface area contributed by atoms with Gasteiger partial charge in [-0.2, -0.15) is 0 Å². The van der Waals surface area contributed by atoms with Gasteiger partial charge in [-0.25, -0.2) is 0 Å². The van der Waals surface area contributed by atoms with E-state index >= 15 is 0 Å². The maximum absolute atomic E-state index is 5.84. The van der Waals surface area contributed by atoms with E-state index in [-0.39, 0.29) is 0 Å². The van der Waals surface area contributed by atoms with Gasteiger partial charge in [-0.05, 0) is 32.7 Å². The maximum atomic E-state index is 5.84. The molecule has 16 heavy (non-hydrogen) atoms. The highest BCUT2D eigenvalue weighted by atomic mass is 16.5. The minimum absolute atomic E-state index is 0.369. The van der Waals surface area contributed by atoms with Crippen LogP contribution in [0.5, 0.6) is 0 Å². The molecule has 0 aromatic heterocycles. The Labute approximate surface area is 99.9 Å². The van der Waals surface area contributed by atoms with Crippen molar-refractivity contribution in [3.05, 3.63) is 0 Å². The zero-order valence-electron chi connectivity index (χ0n) is 11.0. The molecule has 1 N–H and O–H groups in total. The number of hydrogen-bond acceptors (Lipinski definition) is 3. The molecule has 0 aromatic carbocycles. The van der Waals surface area contributed by atoms with Gasteiger partial charge in [0.2, 0.25) is 0 Å². The van der Waals surface area contributed by atoms with Gasteiger partial charge in [-0.1, -0.05) is 13.8 Å². The minimum Gasteiger partial charge on any atom is -0.381 e. The van der Waals surface area contributed by atoms with Gasteiger partial charge in [-0.15, -0.1) is 0 Å². The molecule has 3 atom stereocenters. The Balaban J connectivity index is 2.30. The third kappa shape index (κ3) is 4.81. The van der Waals surface area contributed by atoms with E-state index in [1.165, 1.54) is 12.8 Å². The van der Waals surface area contributed by atoms with E-state index in [0.29, 0.717) is 18.1 Å². The fraction of sp³-hybridized carbons (Fsp3) is 1.00. The fourth-order valence-electron chi connectivity index (χ4n) is 1.95. The molecule has 0 amide bonds. The number of rotatable bonds is 8. The molecule has 3 unspecified atom stereocenters. The van der Waals surface area contributed by atoms with Gasteiger partial charge in [0.15, 0.2) is 0 Å². The van der Waals surface area contributed by atoms with Gasteiger partial charge in [0.1, 0.15) is 0 Å². The van der Waals surface area contributed by atoms with Crippen LogP contribution in [0.15, 0.2) is 0 Å². The second kappa shape index (κ2) is 8.04. The van der Waals surface area contributed by atoms with Crippen LogP contribution in [0.25, 0.3) is 0 Å². The van der Waals surface area contributed by atoms with E-state index in [9.17, 15) is 0 Å². The number of hydrogen-bond donors (Lipinski definition) is 1. The Morgan fingerprint density at radius 1 is 1.44 bits per heavy atom. The van der Waals surface area contributed by atoms with Crippen LogP contribution in [-0.2, 0) is 9.47 Å². The highest BCUT2D eigenvalue weighted by Crippen LogP contribution is 2.17. The summed E-state index contributed by atoms with van der Waals surface area (Å²) >= 11 is 0. The second-order valence-electron chi connectivity index (χ2n) is 4.74. The molecule has 1 heterocycles. The van der Waals surface area contributed by atoms with Crippen molar-refractivity contribution >= 4 is 0 Å². The first-order valence-electron chi connectivity index (χ1n) is 6.70. The van der Waals surface area contributed by atoms with Crippen LogP contribution in [0.3, 0.4) is 0 Å². The monoisotopic (exact) mass is 229 g/mol. The Kier molecular flexibility index (Phi) is 7.01. The molecule has 1 fully saturated rings. The standard InChI is InChI=1S/C13H27NO2/c1-4-7-14-13(10-16-11(3)5-2)12-6-8-15-9-12/h11-14H,4-10H2,1-3H3. The van der Waals surface area contributed by atoms with E-state index in [1.54, 1.807) is 0 Å². The highest BCUT2D eigenvalue weighted by Gasteiger charge is 2.25. The van der Waals surface area contributed by atoms with Gasteiger partial charge in [0, 0.05) is 18.6 Å². The average molecular weight is 229 g/mol. The zero-order valence-corrected chi connectivity index (χ0v) is 11.0. The van der Waals surface area contributed by atoms with Crippen LogP contribution in [-0.4, -0.2) is 38.5 Å². The van der Waals surface area contributed by atoms with E-state index in [4.69, 9.17) is 9.47 Å². The molecule has 1 aliphatic heterocycles. The number of nitrogens with one attached hydrogen (secondary N) is 1. The normalized spacial score (nSPS) is 24.6. The van der Waals surface area contributed by atoms with Crippen LogP contribution < -0.4 is 5.32 Å². The number of ether oxygens (including phenoxy) is 2. The predicted octanol–water partition coefficient (Wildman–Crippen LogP) is 2.21. The van der Waals surface area contributed by atoms with Gasteiger partial charge in [0.25, 0.3) is 0 Å². The summed E-state index contributed by atoms with van der Waals surface area (Å²) in [7, 11) is 0. The quantitative estimate of drug-likeness (QED) is 0.692. The topological polar surface area (TPSA) is 30.5 Å². The fourth-order valence-corrected chi connectivity index (χ4v) is 1.95. The smallest absolute Gasteiger partial charge is 0.0626 e. The molecule has 3 nitrogen and oxygen atoms in total. The van der Waals surface area contributed by atoms with E-state index in [0.717, 1.165) is 32.8 Å². The molecule has 0 bridgehead atoms. The summed E-state index contributed by atoms with van der Waals surface area (Å²) in [6, 6.07) is 0.469. The lowest BCUT2D eigenvalue weighted by atomic mass is 9.99.